The molecule has 5 nitrogen and oxygen atoms in total. The molecule has 0 aromatic carbocycles. The van der Waals surface area contributed by atoms with Gasteiger partial charge in [-0.15, -0.1) is 11.3 Å². The first kappa shape index (κ1) is 14.0. The highest BCUT2D eigenvalue weighted by molar-refractivity contribution is 9.10. The predicted octanol–water partition coefficient (Wildman–Crippen LogP) is 2.72. The highest BCUT2D eigenvalue weighted by atomic mass is 79.9. The number of hydrogen-bond acceptors (Lipinski definition) is 6. The summed E-state index contributed by atoms with van der Waals surface area (Å²) in [5, 5.41) is 2.04. The van der Waals surface area contributed by atoms with Gasteiger partial charge in [0.15, 0.2) is 5.69 Å². The molecular formula is C12H12BrN3O2S. The third kappa shape index (κ3) is 3.51. The van der Waals surface area contributed by atoms with E-state index >= 15 is 0 Å². The van der Waals surface area contributed by atoms with Crippen LogP contribution in [0.5, 0.6) is 0 Å². The molecule has 100 valence electrons. The topological polar surface area (TPSA) is 55.3 Å². The average molecular weight is 342 g/mol. The maximum absolute atomic E-state index is 11.2. The van der Waals surface area contributed by atoms with Gasteiger partial charge in [0.05, 0.1) is 26.0 Å². The van der Waals surface area contributed by atoms with Crippen molar-refractivity contribution in [3.63, 3.8) is 0 Å². The lowest BCUT2D eigenvalue weighted by atomic mass is 10.4. The number of esters is 1. The van der Waals surface area contributed by atoms with Crippen molar-refractivity contribution in [2.75, 3.05) is 19.1 Å². The average Bonchev–Trinajstić information content (AvgIpc) is 2.83. The molecule has 0 N–H and O–H groups in total. The van der Waals surface area contributed by atoms with Crippen LogP contribution >= 0.6 is 27.3 Å². The summed E-state index contributed by atoms with van der Waals surface area (Å²) in [7, 11) is 3.24. The first-order valence-corrected chi connectivity index (χ1v) is 7.12. The van der Waals surface area contributed by atoms with E-state index < -0.39 is 5.97 Å². The largest absolute Gasteiger partial charge is 0.464 e. The fourth-order valence-corrected chi connectivity index (χ4v) is 2.98. The smallest absolute Gasteiger partial charge is 0.358 e. The fourth-order valence-electron chi connectivity index (χ4n) is 1.48. The van der Waals surface area contributed by atoms with Crippen LogP contribution in [0.3, 0.4) is 0 Å². The van der Waals surface area contributed by atoms with Crippen LogP contribution in [0.25, 0.3) is 0 Å². The van der Waals surface area contributed by atoms with Crippen molar-refractivity contribution < 1.29 is 9.53 Å². The maximum Gasteiger partial charge on any atom is 0.358 e. The first-order chi connectivity index (χ1) is 9.10. The van der Waals surface area contributed by atoms with Crippen molar-refractivity contribution in [1.82, 2.24) is 9.97 Å². The third-order valence-electron chi connectivity index (χ3n) is 2.44. The number of anilines is 1. The molecule has 2 rings (SSSR count). The first-order valence-electron chi connectivity index (χ1n) is 5.44. The normalized spacial score (nSPS) is 10.3. The Morgan fingerprint density at radius 1 is 1.47 bits per heavy atom. The molecule has 0 unspecified atom stereocenters. The van der Waals surface area contributed by atoms with Crippen LogP contribution < -0.4 is 4.90 Å². The van der Waals surface area contributed by atoms with E-state index in [0.29, 0.717) is 5.82 Å². The Morgan fingerprint density at radius 2 is 2.26 bits per heavy atom. The number of rotatable bonds is 4. The summed E-state index contributed by atoms with van der Waals surface area (Å²) in [4.78, 5) is 22.7. The van der Waals surface area contributed by atoms with Gasteiger partial charge >= 0.3 is 5.97 Å². The quantitative estimate of drug-likeness (QED) is 0.800. The summed E-state index contributed by atoms with van der Waals surface area (Å²) in [5.74, 6) is 0.223. The Morgan fingerprint density at radius 3 is 2.79 bits per heavy atom. The van der Waals surface area contributed by atoms with Gasteiger partial charge in [-0.05, 0) is 22.0 Å². The van der Waals surface area contributed by atoms with Crippen LogP contribution in [0.4, 0.5) is 5.82 Å². The molecule has 0 aliphatic rings. The summed E-state index contributed by atoms with van der Waals surface area (Å²) in [5.41, 5.74) is 0.207. The summed E-state index contributed by atoms with van der Waals surface area (Å²) >= 11 is 5.10. The van der Waals surface area contributed by atoms with Gasteiger partial charge in [-0.3, -0.25) is 0 Å². The lowest BCUT2D eigenvalue weighted by Gasteiger charge is -2.16. The molecular weight excluding hydrogens is 330 g/mol. The van der Waals surface area contributed by atoms with Crippen LogP contribution in [0.1, 0.15) is 15.4 Å². The van der Waals surface area contributed by atoms with Crippen molar-refractivity contribution >= 4 is 39.1 Å². The minimum absolute atomic E-state index is 0.207. The third-order valence-corrected chi connectivity index (χ3v) is 4.12. The number of aromatic nitrogens is 2. The van der Waals surface area contributed by atoms with Crippen LogP contribution in [0.2, 0.25) is 0 Å². The second kappa shape index (κ2) is 6.12. The highest BCUT2D eigenvalue weighted by Gasteiger charge is 2.10. The van der Waals surface area contributed by atoms with E-state index in [1.807, 2.05) is 17.3 Å². The van der Waals surface area contributed by atoms with E-state index in [1.165, 1.54) is 18.2 Å². The highest BCUT2D eigenvalue weighted by Crippen LogP contribution is 2.22. The Labute approximate surface area is 123 Å². The number of carbonyl (C=O) groups excluding carboxylic acids is 1. The Hall–Kier alpha value is -1.47. The van der Waals surface area contributed by atoms with E-state index in [4.69, 9.17) is 0 Å². The number of carbonyl (C=O) groups is 1. The molecule has 0 aliphatic heterocycles. The summed E-state index contributed by atoms with van der Waals surface area (Å²) < 4.78 is 5.65. The van der Waals surface area contributed by atoms with Crippen molar-refractivity contribution in [3.8, 4) is 0 Å². The molecule has 7 heteroatoms. The Bertz CT molecular complexity index is 571. The van der Waals surface area contributed by atoms with E-state index in [9.17, 15) is 4.79 Å². The molecule has 0 saturated carbocycles. The van der Waals surface area contributed by atoms with Gasteiger partial charge in [-0.2, -0.15) is 0 Å². The summed E-state index contributed by atoms with van der Waals surface area (Å²) in [6, 6.07) is 2.07. The zero-order valence-corrected chi connectivity index (χ0v) is 12.9. The lowest BCUT2D eigenvalue weighted by Crippen LogP contribution is -2.18. The zero-order chi connectivity index (χ0) is 13.8. The van der Waals surface area contributed by atoms with Gasteiger partial charge in [-0.25, -0.2) is 14.8 Å². The second-order valence-corrected chi connectivity index (χ2v) is 5.75. The molecule has 2 aromatic rings. The van der Waals surface area contributed by atoms with E-state index in [2.05, 4.69) is 36.7 Å². The van der Waals surface area contributed by atoms with Gasteiger partial charge in [-0.1, -0.05) is 0 Å². The van der Waals surface area contributed by atoms with Gasteiger partial charge in [0.1, 0.15) is 5.82 Å². The van der Waals surface area contributed by atoms with Crippen molar-refractivity contribution in [1.29, 1.82) is 0 Å². The van der Waals surface area contributed by atoms with Crippen LogP contribution in [0.15, 0.2) is 28.3 Å². The maximum atomic E-state index is 11.2. The second-order valence-electron chi connectivity index (χ2n) is 3.84. The molecule has 19 heavy (non-hydrogen) atoms. The van der Waals surface area contributed by atoms with Gasteiger partial charge in [0, 0.05) is 21.8 Å². The molecule has 0 bridgehead atoms. The Kier molecular flexibility index (Phi) is 4.49. The zero-order valence-electron chi connectivity index (χ0n) is 10.5. The molecule has 0 fully saturated rings. The standard InChI is InChI=1S/C12H12BrN3O2S/c1-16(6-9-3-8(13)7-19-9)11-5-14-10(4-15-11)12(17)18-2/h3-5,7H,6H2,1-2H3. The number of ether oxygens (including phenoxy) is 1. The van der Waals surface area contributed by atoms with Crippen LogP contribution in [0, 0.1) is 0 Å². The molecule has 0 aliphatic carbocycles. The number of thiophene rings is 1. The fraction of sp³-hybridized carbons (Fsp3) is 0.250. The number of nitrogens with zero attached hydrogens (tertiary/aromatic N) is 3. The van der Waals surface area contributed by atoms with Gasteiger partial charge < -0.3 is 9.64 Å². The number of halogens is 1. The van der Waals surface area contributed by atoms with E-state index in [0.717, 1.165) is 11.0 Å². The Balaban J connectivity index is 2.07. The predicted molar refractivity (Wildman–Crippen MR) is 77.5 cm³/mol. The molecule has 0 atom stereocenters. The van der Waals surface area contributed by atoms with Crippen molar-refractivity contribution in [3.05, 3.63) is 38.9 Å². The minimum Gasteiger partial charge on any atom is -0.464 e. The molecule has 2 aromatic heterocycles. The van der Waals surface area contributed by atoms with Crippen molar-refractivity contribution in [2.45, 2.75) is 6.54 Å². The molecule has 0 spiro atoms. The van der Waals surface area contributed by atoms with Crippen molar-refractivity contribution in [2.24, 2.45) is 0 Å². The monoisotopic (exact) mass is 341 g/mol. The SMILES string of the molecule is COC(=O)c1cnc(N(C)Cc2cc(Br)cs2)cn1. The summed E-state index contributed by atoms with van der Waals surface area (Å²) in [6.07, 6.45) is 2.98. The molecule has 2 heterocycles. The van der Waals surface area contributed by atoms with E-state index in [-0.39, 0.29) is 5.69 Å². The minimum atomic E-state index is -0.483. The lowest BCUT2D eigenvalue weighted by molar-refractivity contribution is 0.0593. The number of methoxy groups -OCH3 is 1. The summed E-state index contributed by atoms with van der Waals surface area (Å²) in [6.45, 7) is 0.739. The van der Waals surface area contributed by atoms with Crippen LogP contribution in [-0.4, -0.2) is 30.1 Å². The van der Waals surface area contributed by atoms with Crippen LogP contribution in [-0.2, 0) is 11.3 Å². The van der Waals surface area contributed by atoms with E-state index in [1.54, 1.807) is 17.5 Å². The molecule has 0 radical (unpaired) electrons. The number of hydrogen-bond donors (Lipinski definition) is 0. The molecule has 0 saturated heterocycles. The van der Waals surface area contributed by atoms with Gasteiger partial charge in [0.25, 0.3) is 0 Å². The molecule has 0 amide bonds. The van der Waals surface area contributed by atoms with Gasteiger partial charge in [0.2, 0.25) is 0 Å².